The maximum Gasteiger partial charge on any atom is 0.316 e. The number of carbonyl (C=O) groups is 1. The minimum absolute atomic E-state index is 0.143. The Morgan fingerprint density at radius 1 is 1.39 bits per heavy atom. The first kappa shape index (κ1) is 12.6. The highest BCUT2D eigenvalue weighted by Crippen LogP contribution is 2.25. The van der Waals surface area contributed by atoms with Crippen LogP contribution in [0.15, 0.2) is 24.3 Å². The molecule has 0 fully saturated rings. The molecule has 1 aromatic carbocycles. The lowest BCUT2D eigenvalue weighted by Crippen LogP contribution is -2.22. The Balaban J connectivity index is 2.38. The first-order valence-electron chi connectivity index (χ1n) is 6.24. The number of hydrogen-bond acceptors (Lipinski definition) is 3. The summed E-state index contributed by atoms with van der Waals surface area (Å²) in [7, 11) is 0. The number of imidazole rings is 1. The molecule has 0 amide bonds. The molecule has 4 heteroatoms. The number of aromatic amines is 1. The van der Waals surface area contributed by atoms with Gasteiger partial charge in [0.15, 0.2) is 0 Å². The van der Waals surface area contributed by atoms with E-state index < -0.39 is 0 Å². The van der Waals surface area contributed by atoms with E-state index >= 15 is 0 Å². The topological polar surface area (TPSA) is 55.0 Å². The second kappa shape index (κ2) is 5.21. The zero-order chi connectivity index (χ0) is 13.1. The number of ether oxygens (including phenoxy) is 1. The van der Waals surface area contributed by atoms with Crippen molar-refractivity contribution in [2.45, 2.75) is 26.7 Å². The van der Waals surface area contributed by atoms with E-state index in [0.29, 0.717) is 12.4 Å². The summed E-state index contributed by atoms with van der Waals surface area (Å²) >= 11 is 0. The van der Waals surface area contributed by atoms with Crippen molar-refractivity contribution in [2.75, 3.05) is 6.61 Å². The third-order valence-electron chi connectivity index (χ3n) is 2.91. The van der Waals surface area contributed by atoms with Crippen molar-refractivity contribution >= 4 is 17.0 Å². The molecule has 0 aliphatic rings. The van der Waals surface area contributed by atoms with Gasteiger partial charge >= 0.3 is 5.97 Å². The second-order valence-electron chi connectivity index (χ2n) is 4.61. The number of aromatic nitrogens is 2. The lowest BCUT2D eigenvalue weighted by atomic mass is 9.95. The molecule has 18 heavy (non-hydrogen) atoms. The van der Waals surface area contributed by atoms with Crippen molar-refractivity contribution in [3.8, 4) is 0 Å². The normalized spacial score (nSPS) is 12.9. The van der Waals surface area contributed by atoms with Crippen LogP contribution in [-0.2, 0) is 9.53 Å². The van der Waals surface area contributed by atoms with E-state index in [-0.39, 0.29) is 17.8 Å². The number of carbonyl (C=O) groups excluding carboxylic acids is 1. The number of fused-ring (bicyclic) bond motifs is 1. The van der Waals surface area contributed by atoms with Gasteiger partial charge in [0.05, 0.1) is 17.6 Å². The van der Waals surface area contributed by atoms with Crippen LogP contribution in [0.2, 0.25) is 0 Å². The molecule has 0 bridgehead atoms. The minimum atomic E-state index is -0.336. The molecule has 96 valence electrons. The summed E-state index contributed by atoms with van der Waals surface area (Å²) in [6.07, 6.45) is 0. The molecule has 0 aliphatic heterocycles. The number of nitrogens with zero attached hydrogens (tertiary/aromatic N) is 1. The van der Waals surface area contributed by atoms with E-state index in [9.17, 15) is 4.79 Å². The first-order chi connectivity index (χ1) is 8.63. The van der Waals surface area contributed by atoms with Gasteiger partial charge in [0.1, 0.15) is 11.7 Å². The number of benzene rings is 1. The van der Waals surface area contributed by atoms with E-state index in [1.54, 1.807) is 0 Å². The molecule has 0 saturated carbocycles. The molecule has 0 aliphatic carbocycles. The fourth-order valence-corrected chi connectivity index (χ4v) is 2.05. The molecule has 2 aromatic rings. The average Bonchev–Trinajstić information content (AvgIpc) is 2.71. The molecule has 1 N–H and O–H groups in total. The number of esters is 1. The standard InChI is InChI=1S/C14H18N2O2/c1-4-18-14(17)12(9(2)3)13-15-10-7-5-6-8-11(10)16-13/h5-9,12H,4H2,1-3H3,(H,15,16). The predicted molar refractivity (Wildman–Crippen MR) is 70.3 cm³/mol. The lowest BCUT2D eigenvalue weighted by Gasteiger charge is -2.16. The Hall–Kier alpha value is -1.84. The van der Waals surface area contributed by atoms with Gasteiger partial charge in [0.25, 0.3) is 0 Å². The third-order valence-corrected chi connectivity index (χ3v) is 2.91. The first-order valence-corrected chi connectivity index (χ1v) is 6.24. The summed E-state index contributed by atoms with van der Waals surface area (Å²) in [5.41, 5.74) is 1.82. The van der Waals surface area contributed by atoms with Crippen molar-refractivity contribution < 1.29 is 9.53 Å². The molecule has 2 rings (SSSR count). The van der Waals surface area contributed by atoms with Gasteiger partial charge in [-0.2, -0.15) is 0 Å². The van der Waals surface area contributed by atoms with E-state index in [1.807, 2.05) is 45.0 Å². The Kier molecular flexibility index (Phi) is 3.65. The lowest BCUT2D eigenvalue weighted by molar-refractivity contribution is -0.146. The summed E-state index contributed by atoms with van der Waals surface area (Å²) in [6.45, 7) is 6.19. The van der Waals surface area contributed by atoms with Crippen LogP contribution in [0.3, 0.4) is 0 Å². The average molecular weight is 246 g/mol. The number of hydrogen-bond donors (Lipinski definition) is 1. The summed E-state index contributed by atoms with van der Waals surface area (Å²) in [6, 6.07) is 7.76. The maximum absolute atomic E-state index is 12.0. The predicted octanol–water partition coefficient (Wildman–Crippen LogP) is 2.87. The van der Waals surface area contributed by atoms with Gasteiger partial charge in [-0.05, 0) is 25.0 Å². The molecular formula is C14H18N2O2. The van der Waals surface area contributed by atoms with Crippen molar-refractivity contribution in [3.63, 3.8) is 0 Å². The van der Waals surface area contributed by atoms with Gasteiger partial charge in [0.2, 0.25) is 0 Å². The van der Waals surface area contributed by atoms with Gasteiger partial charge in [-0.1, -0.05) is 26.0 Å². The second-order valence-corrected chi connectivity index (χ2v) is 4.61. The summed E-state index contributed by atoms with van der Waals surface area (Å²) in [5, 5.41) is 0. The third kappa shape index (κ3) is 2.37. The van der Waals surface area contributed by atoms with Gasteiger partial charge in [-0.3, -0.25) is 4.79 Å². The largest absolute Gasteiger partial charge is 0.465 e. The smallest absolute Gasteiger partial charge is 0.316 e. The van der Waals surface area contributed by atoms with Crippen LogP contribution >= 0.6 is 0 Å². The van der Waals surface area contributed by atoms with Crippen molar-refractivity contribution in [1.82, 2.24) is 9.97 Å². The quantitative estimate of drug-likeness (QED) is 0.844. The van der Waals surface area contributed by atoms with Crippen LogP contribution in [0.4, 0.5) is 0 Å². The van der Waals surface area contributed by atoms with Crippen LogP contribution in [-0.4, -0.2) is 22.5 Å². The van der Waals surface area contributed by atoms with Gasteiger partial charge in [-0.25, -0.2) is 4.98 Å². The highest BCUT2D eigenvalue weighted by Gasteiger charge is 2.28. The van der Waals surface area contributed by atoms with Crippen molar-refractivity contribution in [3.05, 3.63) is 30.1 Å². The van der Waals surface area contributed by atoms with E-state index in [1.165, 1.54) is 0 Å². The number of rotatable bonds is 4. The Morgan fingerprint density at radius 2 is 2.11 bits per heavy atom. The molecule has 4 nitrogen and oxygen atoms in total. The molecule has 0 saturated heterocycles. The van der Waals surface area contributed by atoms with Crippen molar-refractivity contribution in [1.29, 1.82) is 0 Å². The zero-order valence-corrected chi connectivity index (χ0v) is 10.9. The molecule has 1 atom stereocenters. The van der Waals surface area contributed by atoms with Crippen LogP contribution in [0, 0.1) is 5.92 Å². The fraction of sp³-hybridized carbons (Fsp3) is 0.429. The van der Waals surface area contributed by atoms with Crippen LogP contribution in [0.25, 0.3) is 11.0 Å². The van der Waals surface area contributed by atoms with E-state index in [2.05, 4.69) is 9.97 Å². The van der Waals surface area contributed by atoms with Gasteiger partial charge < -0.3 is 9.72 Å². The van der Waals surface area contributed by atoms with E-state index in [4.69, 9.17) is 4.74 Å². The fourth-order valence-electron chi connectivity index (χ4n) is 2.05. The summed E-state index contributed by atoms with van der Waals surface area (Å²) < 4.78 is 5.12. The highest BCUT2D eigenvalue weighted by molar-refractivity contribution is 5.80. The summed E-state index contributed by atoms with van der Waals surface area (Å²) in [4.78, 5) is 19.7. The van der Waals surface area contributed by atoms with Crippen LogP contribution < -0.4 is 0 Å². The number of H-pyrrole nitrogens is 1. The molecule has 1 heterocycles. The van der Waals surface area contributed by atoms with Crippen LogP contribution in [0.5, 0.6) is 0 Å². The highest BCUT2D eigenvalue weighted by atomic mass is 16.5. The molecular weight excluding hydrogens is 228 g/mol. The van der Waals surface area contributed by atoms with Gasteiger partial charge in [0, 0.05) is 0 Å². The minimum Gasteiger partial charge on any atom is -0.465 e. The molecule has 0 spiro atoms. The Labute approximate surface area is 106 Å². The van der Waals surface area contributed by atoms with Crippen LogP contribution in [0.1, 0.15) is 32.5 Å². The number of nitrogens with one attached hydrogen (secondary N) is 1. The molecule has 0 radical (unpaired) electrons. The maximum atomic E-state index is 12.0. The van der Waals surface area contributed by atoms with Crippen molar-refractivity contribution in [2.24, 2.45) is 5.92 Å². The Morgan fingerprint density at radius 3 is 2.72 bits per heavy atom. The summed E-state index contributed by atoms with van der Waals surface area (Å²) in [5.74, 6) is 0.276. The zero-order valence-electron chi connectivity index (χ0n) is 10.9. The molecule has 1 unspecified atom stereocenters. The molecule has 1 aromatic heterocycles. The van der Waals surface area contributed by atoms with Gasteiger partial charge in [-0.15, -0.1) is 0 Å². The number of para-hydroxylation sites is 2. The monoisotopic (exact) mass is 246 g/mol. The Bertz CT molecular complexity index is 512. The SMILES string of the molecule is CCOC(=O)C(c1nc2ccccc2[nH]1)C(C)C. The van der Waals surface area contributed by atoms with E-state index in [0.717, 1.165) is 11.0 Å².